The lowest BCUT2D eigenvalue weighted by Crippen LogP contribution is -2.49. The summed E-state index contributed by atoms with van der Waals surface area (Å²) >= 11 is 0. The predicted molar refractivity (Wildman–Crippen MR) is 65.6 cm³/mol. The maximum Gasteiger partial charge on any atom is 0.326 e. The van der Waals surface area contributed by atoms with E-state index in [0.717, 1.165) is 0 Å². The summed E-state index contributed by atoms with van der Waals surface area (Å²) in [5.41, 5.74) is 0. The molecule has 0 radical (unpaired) electrons. The number of carboxylic acids is 1. The lowest BCUT2D eigenvalue weighted by atomic mass is 10.1. The molecule has 0 spiro atoms. The Morgan fingerprint density at radius 1 is 1.28 bits per heavy atom. The zero-order valence-electron chi connectivity index (χ0n) is 10.6. The van der Waals surface area contributed by atoms with Crippen molar-refractivity contribution in [1.29, 1.82) is 0 Å². The number of carbonyl (C=O) groups excluding carboxylic acids is 1. The van der Waals surface area contributed by atoms with Gasteiger partial charge in [-0.15, -0.1) is 0 Å². The minimum atomic E-state index is -3.39. The summed E-state index contributed by atoms with van der Waals surface area (Å²) < 4.78 is 24.2. The Kier molecular flexibility index (Phi) is 6.63. The van der Waals surface area contributed by atoms with E-state index in [2.05, 4.69) is 15.4 Å². The highest BCUT2D eigenvalue weighted by Gasteiger charge is 2.23. The van der Waals surface area contributed by atoms with Crippen LogP contribution < -0.4 is 15.4 Å². The van der Waals surface area contributed by atoms with Crippen LogP contribution in [0.4, 0.5) is 4.79 Å². The van der Waals surface area contributed by atoms with Crippen molar-refractivity contribution >= 4 is 22.0 Å². The molecule has 0 heterocycles. The molecule has 9 heteroatoms. The number of hydrogen-bond donors (Lipinski definition) is 4. The lowest BCUT2D eigenvalue weighted by Gasteiger charge is -2.18. The number of hydrogen-bond acceptors (Lipinski definition) is 4. The first-order valence-corrected chi connectivity index (χ1v) is 7.03. The summed E-state index contributed by atoms with van der Waals surface area (Å²) in [4.78, 5) is 22.1. The molecule has 8 nitrogen and oxygen atoms in total. The molecule has 0 aliphatic heterocycles. The summed E-state index contributed by atoms with van der Waals surface area (Å²) in [5.74, 6) is -1.67. The van der Waals surface area contributed by atoms with Crippen LogP contribution in [0, 0.1) is 5.92 Å². The fourth-order valence-corrected chi connectivity index (χ4v) is 1.68. The molecule has 0 aromatic rings. The predicted octanol–water partition coefficient (Wildman–Crippen LogP) is -1.06. The maximum absolute atomic E-state index is 11.3. The zero-order valence-corrected chi connectivity index (χ0v) is 11.4. The highest BCUT2D eigenvalue weighted by atomic mass is 32.2. The highest BCUT2D eigenvalue weighted by molar-refractivity contribution is 7.89. The quantitative estimate of drug-likeness (QED) is 0.473. The lowest BCUT2D eigenvalue weighted by molar-refractivity contribution is -0.140. The van der Waals surface area contributed by atoms with Gasteiger partial charge in [0, 0.05) is 6.54 Å². The van der Waals surface area contributed by atoms with Gasteiger partial charge in [-0.05, 0) is 13.0 Å². The van der Waals surface area contributed by atoms with E-state index in [9.17, 15) is 18.0 Å². The van der Waals surface area contributed by atoms with E-state index in [4.69, 9.17) is 5.11 Å². The van der Waals surface area contributed by atoms with E-state index in [1.807, 2.05) is 0 Å². The Labute approximate surface area is 106 Å². The minimum Gasteiger partial charge on any atom is -0.480 e. The van der Waals surface area contributed by atoms with Gasteiger partial charge in [0.1, 0.15) is 6.04 Å². The summed E-state index contributed by atoms with van der Waals surface area (Å²) in [5, 5.41) is 13.4. The van der Waals surface area contributed by atoms with Gasteiger partial charge >= 0.3 is 12.0 Å². The van der Waals surface area contributed by atoms with Gasteiger partial charge in [-0.1, -0.05) is 13.8 Å². The number of carbonyl (C=O) groups is 2. The summed E-state index contributed by atoms with van der Waals surface area (Å²) in [6, 6.07) is -1.71. The van der Waals surface area contributed by atoms with E-state index < -0.39 is 28.1 Å². The van der Waals surface area contributed by atoms with Gasteiger partial charge in [0.05, 0.1) is 5.75 Å². The van der Waals surface area contributed by atoms with Crippen molar-refractivity contribution in [2.75, 3.05) is 19.3 Å². The molecule has 0 rings (SSSR count). The Morgan fingerprint density at radius 3 is 2.22 bits per heavy atom. The second-order valence-electron chi connectivity index (χ2n) is 3.98. The highest BCUT2D eigenvalue weighted by Crippen LogP contribution is 2.00. The zero-order chi connectivity index (χ0) is 14.3. The Bertz CT molecular complexity index is 393. The van der Waals surface area contributed by atoms with E-state index in [1.165, 1.54) is 7.05 Å². The first-order chi connectivity index (χ1) is 8.19. The van der Waals surface area contributed by atoms with Crippen LogP contribution in [-0.2, 0) is 14.8 Å². The number of carboxylic acid groups (broad SMARTS) is 1. The van der Waals surface area contributed by atoms with Crippen molar-refractivity contribution < 1.29 is 23.1 Å². The van der Waals surface area contributed by atoms with Crippen molar-refractivity contribution in [2.24, 2.45) is 5.92 Å². The third-order valence-corrected chi connectivity index (χ3v) is 3.55. The van der Waals surface area contributed by atoms with Crippen LogP contribution in [-0.4, -0.2) is 50.9 Å². The Hall–Kier alpha value is -1.35. The standard InChI is InChI=1S/C9H19N3O5S/c1-6(2)7(8(13)14)12-9(15)11-4-5-18(16,17)10-3/h6-7,10H,4-5H2,1-3H3,(H,13,14)(H2,11,12,15)/t7-/m1/s1. The van der Waals surface area contributed by atoms with Gasteiger partial charge < -0.3 is 15.7 Å². The topological polar surface area (TPSA) is 125 Å². The summed E-state index contributed by atoms with van der Waals surface area (Å²) in [7, 11) is -2.11. The number of rotatable bonds is 7. The molecule has 0 bridgehead atoms. The number of amides is 2. The van der Waals surface area contributed by atoms with Crippen molar-refractivity contribution in [3.63, 3.8) is 0 Å². The second kappa shape index (κ2) is 7.17. The van der Waals surface area contributed by atoms with Crippen LogP contribution in [0.2, 0.25) is 0 Å². The number of aliphatic carboxylic acids is 1. The number of nitrogens with one attached hydrogen (secondary N) is 3. The first-order valence-electron chi connectivity index (χ1n) is 5.38. The molecule has 106 valence electrons. The monoisotopic (exact) mass is 281 g/mol. The molecular weight excluding hydrogens is 262 g/mol. The smallest absolute Gasteiger partial charge is 0.326 e. The molecule has 4 N–H and O–H groups in total. The van der Waals surface area contributed by atoms with Gasteiger partial charge in [0.2, 0.25) is 10.0 Å². The summed E-state index contributed by atoms with van der Waals surface area (Å²) in [6.45, 7) is 3.22. The molecule has 0 aliphatic rings. The second-order valence-corrected chi connectivity index (χ2v) is 6.03. The van der Waals surface area contributed by atoms with Gasteiger partial charge in [-0.25, -0.2) is 22.7 Å². The van der Waals surface area contributed by atoms with Crippen LogP contribution in [0.1, 0.15) is 13.8 Å². The number of urea groups is 1. The molecule has 0 aliphatic carbocycles. The van der Waals surface area contributed by atoms with Gasteiger partial charge in [0.15, 0.2) is 0 Å². The van der Waals surface area contributed by atoms with Crippen LogP contribution in [0.15, 0.2) is 0 Å². The normalized spacial score (nSPS) is 13.1. The van der Waals surface area contributed by atoms with Crippen molar-refractivity contribution in [3.8, 4) is 0 Å². The van der Waals surface area contributed by atoms with Gasteiger partial charge in [-0.3, -0.25) is 0 Å². The fraction of sp³-hybridized carbons (Fsp3) is 0.778. The third kappa shape index (κ3) is 6.40. The SMILES string of the molecule is CNS(=O)(=O)CCNC(=O)N[C@@H](C(=O)O)C(C)C. The molecule has 2 amide bonds. The van der Waals surface area contributed by atoms with E-state index in [-0.39, 0.29) is 18.2 Å². The molecule has 0 saturated carbocycles. The van der Waals surface area contributed by atoms with Crippen molar-refractivity contribution in [2.45, 2.75) is 19.9 Å². The van der Waals surface area contributed by atoms with Crippen LogP contribution in [0.5, 0.6) is 0 Å². The average molecular weight is 281 g/mol. The fourth-order valence-electron chi connectivity index (χ4n) is 1.11. The molecule has 0 aromatic heterocycles. The molecule has 18 heavy (non-hydrogen) atoms. The van der Waals surface area contributed by atoms with Crippen LogP contribution in [0.25, 0.3) is 0 Å². The third-order valence-electron chi connectivity index (χ3n) is 2.19. The molecular formula is C9H19N3O5S. The molecule has 0 fully saturated rings. The van der Waals surface area contributed by atoms with Crippen LogP contribution >= 0.6 is 0 Å². The molecule has 0 saturated heterocycles. The molecule has 0 aromatic carbocycles. The van der Waals surface area contributed by atoms with E-state index >= 15 is 0 Å². The maximum atomic E-state index is 11.3. The van der Waals surface area contributed by atoms with E-state index in [0.29, 0.717) is 0 Å². The minimum absolute atomic E-state index is 0.0978. The van der Waals surface area contributed by atoms with Gasteiger partial charge in [0.25, 0.3) is 0 Å². The van der Waals surface area contributed by atoms with Crippen LogP contribution in [0.3, 0.4) is 0 Å². The molecule has 1 atom stereocenters. The van der Waals surface area contributed by atoms with Crippen molar-refractivity contribution in [3.05, 3.63) is 0 Å². The largest absolute Gasteiger partial charge is 0.480 e. The average Bonchev–Trinajstić information content (AvgIpc) is 2.24. The van der Waals surface area contributed by atoms with E-state index in [1.54, 1.807) is 13.8 Å². The Morgan fingerprint density at radius 2 is 1.83 bits per heavy atom. The Balaban J connectivity index is 4.16. The van der Waals surface area contributed by atoms with Crippen molar-refractivity contribution in [1.82, 2.24) is 15.4 Å². The summed E-state index contributed by atoms with van der Waals surface area (Å²) in [6.07, 6.45) is 0. The number of sulfonamides is 1. The van der Waals surface area contributed by atoms with Gasteiger partial charge in [-0.2, -0.15) is 0 Å². The molecule has 0 unspecified atom stereocenters. The first kappa shape index (κ1) is 16.6.